The molecule has 0 aromatic carbocycles. The second-order valence-corrected chi connectivity index (χ2v) is 5.44. The van der Waals surface area contributed by atoms with E-state index in [-0.39, 0.29) is 5.54 Å². The lowest BCUT2D eigenvalue weighted by Crippen LogP contribution is -2.57. The highest BCUT2D eigenvalue weighted by Gasteiger charge is 2.40. The van der Waals surface area contributed by atoms with Crippen LogP contribution in [-0.4, -0.2) is 24.1 Å². The van der Waals surface area contributed by atoms with E-state index in [4.69, 9.17) is 5.73 Å². The molecule has 1 aliphatic rings. The van der Waals surface area contributed by atoms with Crippen molar-refractivity contribution in [3.8, 4) is 0 Å². The maximum atomic E-state index is 5.84. The highest BCUT2D eigenvalue weighted by molar-refractivity contribution is 9.10. The van der Waals surface area contributed by atoms with E-state index in [2.05, 4.69) is 32.9 Å². The van der Waals surface area contributed by atoms with Crippen molar-refractivity contribution < 1.29 is 0 Å². The van der Waals surface area contributed by atoms with Gasteiger partial charge in [-0.1, -0.05) is 0 Å². The van der Waals surface area contributed by atoms with Crippen molar-refractivity contribution in [3.63, 3.8) is 0 Å². The van der Waals surface area contributed by atoms with Crippen LogP contribution >= 0.6 is 27.3 Å². The third-order valence-electron chi connectivity index (χ3n) is 3.13. The van der Waals surface area contributed by atoms with E-state index in [1.807, 2.05) is 5.38 Å². The van der Waals surface area contributed by atoms with Gasteiger partial charge in [0.15, 0.2) is 5.13 Å². The summed E-state index contributed by atoms with van der Waals surface area (Å²) in [7, 11) is 2.09. The number of nitrogens with zero attached hydrogens (tertiary/aromatic N) is 2. The average Bonchev–Trinajstić information content (AvgIpc) is 2.50. The first-order valence-corrected chi connectivity index (χ1v) is 6.40. The molecule has 0 spiro atoms. The van der Waals surface area contributed by atoms with Crippen molar-refractivity contribution in [3.05, 3.63) is 9.98 Å². The molecular weight excluding hydrogens is 262 g/mol. The topological polar surface area (TPSA) is 42.2 Å². The molecule has 0 bridgehead atoms. The van der Waals surface area contributed by atoms with E-state index in [0.29, 0.717) is 0 Å². The molecule has 1 aromatic rings. The van der Waals surface area contributed by atoms with Gasteiger partial charge in [-0.15, -0.1) is 11.3 Å². The van der Waals surface area contributed by atoms with Crippen LogP contribution in [0.2, 0.25) is 0 Å². The van der Waals surface area contributed by atoms with E-state index in [0.717, 1.165) is 16.3 Å². The maximum Gasteiger partial charge on any atom is 0.186 e. The number of likely N-dealkylation sites (N-methyl/N-ethyl adjacent to an activating group) is 1. The molecule has 14 heavy (non-hydrogen) atoms. The highest BCUT2D eigenvalue weighted by Crippen LogP contribution is 2.39. The number of thiazole rings is 1. The number of hydrogen-bond donors (Lipinski definition) is 1. The Morgan fingerprint density at radius 3 is 2.79 bits per heavy atom. The van der Waals surface area contributed by atoms with Crippen LogP contribution in [0.15, 0.2) is 9.98 Å². The summed E-state index contributed by atoms with van der Waals surface area (Å²) >= 11 is 5.03. The number of anilines is 1. The standard InChI is InChI=1S/C9H14BrN3S/c1-13(8-12-7(10)5-14-8)9(6-11)3-2-4-9/h5H,2-4,6,11H2,1H3. The van der Waals surface area contributed by atoms with Crippen LogP contribution in [0.5, 0.6) is 0 Å². The molecule has 1 fully saturated rings. The Morgan fingerprint density at radius 1 is 1.71 bits per heavy atom. The molecule has 78 valence electrons. The Kier molecular flexibility index (Phi) is 2.81. The van der Waals surface area contributed by atoms with E-state index >= 15 is 0 Å². The first kappa shape index (κ1) is 10.4. The summed E-state index contributed by atoms with van der Waals surface area (Å²) in [4.78, 5) is 6.65. The van der Waals surface area contributed by atoms with Crippen LogP contribution in [0.1, 0.15) is 19.3 Å². The fraction of sp³-hybridized carbons (Fsp3) is 0.667. The lowest BCUT2D eigenvalue weighted by Gasteiger charge is -2.48. The van der Waals surface area contributed by atoms with E-state index in [1.165, 1.54) is 19.3 Å². The zero-order chi connectivity index (χ0) is 10.2. The van der Waals surface area contributed by atoms with E-state index < -0.39 is 0 Å². The minimum absolute atomic E-state index is 0.178. The van der Waals surface area contributed by atoms with Crippen LogP contribution in [0, 0.1) is 0 Å². The Morgan fingerprint density at radius 2 is 2.43 bits per heavy atom. The van der Waals surface area contributed by atoms with Gasteiger partial charge in [-0.3, -0.25) is 0 Å². The van der Waals surface area contributed by atoms with Gasteiger partial charge in [0, 0.05) is 19.0 Å². The Hall–Kier alpha value is -0.130. The summed E-state index contributed by atoms with van der Waals surface area (Å²) in [5, 5.41) is 3.07. The minimum atomic E-state index is 0.178. The summed E-state index contributed by atoms with van der Waals surface area (Å²) in [5.41, 5.74) is 6.02. The normalized spacial score (nSPS) is 19.1. The average molecular weight is 276 g/mol. The van der Waals surface area contributed by atoms with Crippen molar-refractivity contribution in [1.29, 1.82) is 0 Å². The fourth-order valence-corrected chi connectivity index (χ4v) is 3.19. The van der Waals surface area contributed by atoms with Gasteiger partial charge in [0.2, 0.25) is 0 Å². The van der Waals surface area contributed by atoms with Gasteiger partial charge >= 0.3 is 0 Å². The van der Waals surface area contributed by atoms with Crippen molar-refractivity contribution in [2.75, 3.05) is 18.5 Å². The second-order valence-electron chi connectivity index (χ2n) is 3.79. The molecule has 0 amide bonds. The largest absolute Gasteiger partial charge is 0.344 e. The Balaban J connectivity index is 2.18. The number of rotatable bonds is 3. The molecular formula is C9H14BrN3S. The van der Waals surface area contributed by atoms with Crippen molar-refractivity contribution in [2.45, 2.75) is 24.8 Å². The quantitative estimate of drug-likeness (QED) is 0.920. The molecule has 1 heterocycles. The summed E-state index contributed by atoms with van der Waals surface area (Å²) in [5.74, 6) is 0. The van der Waals surface area contributed by atoms with E-state index in [1.54, 1.807) is 11.3 Å². The molecule has 1 aromatic heterocycles. The van der Waals surface area contributed by atoms with Crippen LogP contribution in [0.3, 0.4) is 0 Å². The first-order chi connectivity index (χ1) is 6.68. The molecule has 2 N–H and O–H groups in total. The second kappa shape index (κ2) is 3.79. The van der Waals surface area contributed by atoms with Gasteiger partial charge in [0.25, 0.3) is 0 Å². The fourth-order valence-electron chi connectivity index (χ4n) is 1.86. The molecule has 3 nitrogen and oxygen atoms in total. The summed E-state index contributed by atoms with van der Waals surface area (Å²) in [6.45, 7) is 0.723. The SMILES string of the molecule is CN(c1nc(Br)cs1)C1(CN)CCC1. The lowest BCUT2D eigenvalue weighted by atomic mass is 9.76. The Labute approximate surface area is 96.4 Å². The number of nitrogens with two attached hydrogens (primary N) is 1. The molecule has 5 heteroatoms. The molecule has 0 saturated heterocycles. The first-order valence-electron chi connectivity index (χ1n) is 4.73. The monoisotopic (exact) mass is 275 g/mol. The van der Waals surface area contributed by atoms with Crippen molar-refractivity contribution in [2.24, 2.45) is 5.73 Å². The van der Waals surface area contributed by atoms with Gasteiger partial charge in [0.05, 0.1) is 5.54 Å². The number of halogens is 1. The van der Waals surface area contributed by atoms with Gasteiger partial charge in [-0.2, -0.15) is 0 Å². The van der Waals surface area contributed by atoms with Gasteiger partial charge in [-0.25, -0.2) is 4.98 Å². The zero-order valence-corrected chi connectivity index (χ0v) is 10.6. The molecule has 0 radical (unpaired) electrons. The zero-order valence-electron chi connectivity index (χ0n) is 8.16. The molecule has 1 aliphatic carbocycles. The summed E-state index contributed by atoms with van der Waals surface area (Å²) in [6.07, 6.45) is 3.67. The van der Waals surface area contributed by atoms with Crippen molar-refractivity contribution in [1.82, 2.24) is 4.98 Å². The maximum absolute atomic E-state index is 5.84. The number of aromatic nitrogens is 1. The van der Waals surface area contributed by atoms with Crippen LogP contribution in [-0.2, 0) is 0 Å². The smallest absolute Gasteiger partial charge is 0.186 e. The summed E-state index contributed by atoms with van der Waals surface area (Å²) in [6, 6.07) is 0. The van der Waals surface area contributed by atoms with E-state index in [9.17, 15) is 0 Å². The lowest BCUT2D eigenvalue weighted by molar-refractivity contribution is 0.246. The molecule has 0 atom stereocenters. The molecule has 2 rings (SSSR count). The highest BCUT2D eigenvalue weighted by atomic mass is 79.9. The van der Waals surface area contributed by atoms with Crippen LogP contribution in [0.25, 0.3) is 0 Å². The van der Waals surface area contributed by atoms with Crippen molar-refractivity contribution >= 4 is 32.4 Å². The molecule has 0 aliphatic heterocycles. The Bertz CT molecular complexity index is 316. The number of hydrogen-bond acceptors (Lipinski definition) is 4. The predicted molar refractivity (Wildman–Crippen MR) is 63.9 cm³/mol. The third-order valence-corrected chi connectivity index (χ3v) is 4.75. The van der Waals surface area contributed by atoms with Crippen LogP contribution in [0.4, 0.5) is 5.13 Å². The summed E-state index contributed by atoms with van der Waals surface area (Å²) < 4.78 is 0.913. The van der Waals surface area contributed by atoms with Crippen LogP contribution < -0.4 is 10.6 Å². The van der Waals surface area contributed by atoms with Gasteiger partial charge in [-0.05, 0) is 35.2 Å². The molecule has 1 saturated carbocycles. The predicted octanol–water partition coefficient (Wildman–Crippen LogP) is 2.22. The minimum Gasteiger partial charge on any atom is -0.344 e. The van der Waals surface area contributed by atoms with Gasteiger partial charge in [0.1, 0.15) is 4.60 Å². The van der Waals surface area contributed by atoms with Gasteiger partial charge < -0.3 is 10.6 Å². The molecule has 0 unspecified atom stereocenters. The third kappa shape index (κ3) is 1.57.